The molecule has 0 aromatic heterocycles. The van der Waals surface area contributed by atoms with Crippen LogP contribution in [-0.4, -0.2) is 19.0 Å². The van der Waals surface area contributed by atoms with E-state index >= 15 is 0 Å². The molecule has 27 heavy (non-hydrogen) atoms. The first-order valence-electron chi connectivity index (χ1n) is 9.43. The Morgan fingerprint density at radius 3 is 2.22 bits per heavy atom. The van der Waals surface area contributed by atoms with Crippen LogP contribution in [0.1, 0.15) is 22.6 Å². The third kappa shape index (κ3) is 3.87. The number of anilines is 1. The molecule has 2 atom stereocenters. The SMILES string of the molecule is NC(=O)C1CN(c2cccc(Cc3ccccc3)c2)CC1c1ccccc1. The normalized spacial score (nSPS) is 19.2. The van der Waals surface area contributed by atoms with E-state index in [1.165, 1.54) is 16.7 Å². The first-order chi connectivity index (χ1) is 13.2. The van der Waals surface area contributed by atoms with Gasteiger partial charge in [-0.3, -0.25) is 4.79 Å². The van der Waals surface area contributed by atoms with E-state index < -0.39 is 0 Å². The monoisotopic (exact) mass is 356 g/mol. The summed E-state index contributed by atoms with van der Waals surface area (Å²) in [6.45, 7) is 1.48. The topological polar surface area (TPSA) is 46.3 Å². The van der Waals surface area contributed by atoms with E-state index in [9.17, 15) is 4.79 Å². The van der Waals surface area contributed by atoms with E-state index in [0.29, 0.717) is 6.54 Å². The van der Waals surface area contributed by atoms with Crippen LogP contribution in [0.2, 0.25) is 0 Å². The van der Waals surface area contributed by atoms with Crippen LogP contribution in [0.25, 0.3) is 0 Å². The van der Waals surface area contributed by atoms with E-state index in [-0.39, 0.29) is 17.7 Å². The summed E-state index contributed by atoms with van der Waals surface area (Å²) in [5, 5.41) is 0. The predicted molar refractivity (Wildman–Crippen MR) is 110 cm³/mol. The quantitative estimate of drug-likeness (QED) is 0.751. The third-order valence-electron chi connectivity index (χ3n) is 5.44. The minimum atomic E-state index is -0.216. The lowest BCUT2D eigenvalue weighted by molar-refractivity contribution is -0.121. The molecular weight excluding hydrogens is 332 g/mol. The lowest BCUT2D eigenvalue weighted by atomic mass is 9.89. The van der Waals surface area contributed by atoms with Crippen LogP contribution in [0, 0.1) is 5.92 Å². The number of amides is 1. The second kappa shape index (κ2) is 7.67. The van der Waals surface area contributed by atoms with Gasteiger partial charge < -0.3 is 10.6 Å². The number of nitrogens with zero attached hydrogens (tertiary/aromatic N) is 1. The van der Waals surface area contributed by atoms with Crippen molar-refractivity contribution >= 4 is 11.6 Å². The van der Waals surface area contributed by atoms with Crippen LogP contribution < -0.4 is 10.6 Å². The van der Waals surface area contributed by atoms with Gasteiger partial charge in [-0.1, -0.05) is 72.8 Å². The van der Waals surface area contributed by atoms with Crippen molar-refractivity contribution in [3.05, 3.63) is 102 Å². The molecular formula is C24H24N2O. The van der Waals surface area contributed by atoms with Gasteiger partial charge in [0.1, 0.15) is 0 Å². The zero-order valence-corrected chi connectivity index (χ0v) is 15.3. The average Bonchev–Trinajstić information content (AvgIpc) is 3.16. The third-order valence-corrected chi connectivity index (χ3v) is 5.44. The summed E-state index contributed by atoms with van der Waals surface area (Å²) in [4.78, 5) is 14.4. The number of carbonyl (C=O) groups is 1. The van der Waals surface area contributed by atoms with Crippen LogP contribution in [0.5, 0.6) is 0 Å². The van der Waals surface area contributed by atoms with Crippen molar-refractivity contribution in [1.82, 2.24) is 0 Å². The summed E-state index contributed by atoms with van der Waals surface area (Å²) in [6.07, 6.45) is 0.907. The number of hydrogen-bond donors (Lipinski definition) is 1. The standard InChI is InChI=1S/C24H24N2O/c25-24(27)23-17-26(16-22(23)20-11-5-2-6-12-20)21-13-7-10-19(15-21)14-18-8-3-1-4-9-18/h1-13,15,22-23H,14,16-17H2,(H2,25,27). The Kier molecular flexibility index (Phi) is 4.93. The maximum atomic E-state index is 12.1. The van der Waals surface area contributed by atoms with Crippen LogP contribution >= 0.6 is 0 Å². The van der Waals surface area contributed by atoms with Gasteiger partial charge in [0.15, 0.2) is 0 Å². The van der Waals surface area contributed by atoms with Gasteiger partial charge in [-0.15, -0.1) is 0 Å². The van der Waals surface area contributed by atoms with Gasteiger partial charge in [0.25, 0.3) is 0 Å². The fourth-order valence-electron chi connectivity index (χ4n) is 4.04. The van der Waals surface area contributed by atoms with Gasteiger partial charge >= 0.3 is 0 Å². The number of rotatable bonds is 5. The van der Waals surface area contributed by atoms with E-state index in [1.54, 1.807) is 0 Å². The molecule has 1 aliphatic rings. The maximum absolute atomic E-state index is 12.1. The van der Waals surface area contributed by atoms with Gasteiger partial charge in [0.2, 0.25) is 5.91 Å². The summed E-state index contributed by atoms with van der Waals surface area (Å²) in [5.74, 6) is -0.238. The summed E-state index contributed by atoms with van der Waals surface area (Å²) < 4.78 is 0. The number of benzene rings is 3. The highest BCUT2D eigenvalue weighted by molar-refractivity contribution is 5.79. The molecule has 3 aromatic rings. The Bertz CT molecular complexity index is 908. The molecule has 2 N–H and O–H groups in total. The zero-order chi connectivity index (χ0) is 18.6. The highest BCUT2D eigenvalue weighted by Gasteiger charge is 2.37. The van der Waals surface area contributed by atoms with Crippen molar-refractivity contribution in [3.63, 3.8) is 0 Å². The first kappa shape index (κ1) is 17.3. The lowest BCUT2D eigenvalue weighted by Crippen LogP contribution is -2.29. The smallest absolute Gasteiger partial charge is 0.223 e. The number of hydrogen-bond acceptors (Lipinski definition) is 2. The molecule has 1 fully saturated rings. The molecule has 1 saturated heterocycles. The van der Waals surface area contributed by atoms with Crippen molar-refractivity contribution in [2.45, 2.75) is 12.3 Å². The van der Waals surface area contributed by atoms with Crippen molar-refractivity contribution in [1.29, 1.82) is 0 Å². The van der Waals surface area contributed by atoms with Crippen molar-refractivity contribution in [2.75, 3.05) is 18.0 Å². The summed E-state index contributed by atoms with van der Waals surface area (Å²) in [7, 11) is 0. The first-order valence-corrected chi connectivity index (χ1v) is 9.43. The van der Waals surface area contributed by atoms with Crippen LogP contribution in [0.3, 0.4) is 0 Å². The molecule has 0 spiro atoms. The van der Waals surface area contributed by atoms with Gasteiger partial charge in [-0.25, -0.2) is 0 Å². The van der Waals surface area contributed by atoms with Crippen molar-refractivity contribution < 1.29 is 4.79 Å². The van der Waals surface area contributed by atoms with E-state index in [4.69, 9.17) is 5.73 Å². The van der Waals surface area contributed by atoms with E-state index in [2.05, 4.69) is 65.6 Å². The summed E-state index contributed by atoms with van der Waals surface area (Å²) >= 11 is 0. The van der Waals surface area contributed by atoms with Crippen LogP contribution in [0.15, 0.2) is 84.9 Å². The molecule has 1 amide bonds. The van der Waals surface area contributed by atoms with Gasteiger partial charge in [-0.2, -0.15) is 0 Å². The van der Waals surface area contributed by atoms with E-state index in [1.807, 2.05) is 24.3 Å². The Morgan fingerprint density at radius 1 is 0.852 bits per heavy atom. The highest BCUT2D eigenvalue weighted by Crippen LogP contribution is 2.35. The van der Waals surface area contributed by atoms with Crippen LogP contribution in [0.4, 0.5) is 5.69 Å². The average molecular weight is 356 g/mol. The molecule has 2 unspecified atom stereocenters. The zero-order valence-electron chi connectivity index (χ0n) is 15.3. The molecule has 0 radical (unpaired) electrons. The molecule has 3 aromatic carbocycles. The minimum Gasteiger partial charge on any atom is -0.370 e. The molecule has 136 valence electrons. The summed E-state index contributed by atoms with van der Waals surface area (Å²) in [5.41, 5.74) is 10.7. The fraction of sp³-hybridized carbons (Fsp3) is 0.208. The van der Waals surface area contributed by atoms with Crippen molar-refractivity contribution in [3.8, 4) is 0 Å². The maximum Gasteiger partial charge on any atom is 0.223 e. The Hall–Kier alpha value is -3.07. The molecule has 1 aliphatic heterocycles. The second-order valence-corrected chi connectivity index (χ2v) is 7.26. The molecule has 0 bridgehead atoms. The largest absolute Gasteiger partial charge is 0.370 e. The molecule has 4 rings (SSSR count). The Balaban J connectivity index is 1.57. The van der Waals surface area contributed by atoms with Gasteiger partial charge in [-0.05, 0) is 35.2 Å². The highest BCUT2D eigenvalue weighted by atomic mass is 16.1. The number of nitrogens with two attached hydrogens (primary N) is 1. The second-order valence-electron chi connectivity index (χ2n) is 7.26. The van der Waals surface area contributed by atoms with Gasteiger partial charge in [0, 0.05) is 24.7 Å². The van der Waals surface area contributed by atoms with Crippen molar-refractivity contribution in [2.24, 2.45) is 11.7 Å². The molecule has 1 heterocycles. The number of primary amides is 1. The Labute approximate surface area is 160 Å². The van der Waals surface area contributed by atoms with Gasteiger partial charge in [0.05, 0.1) is 5.92 Å². The molecule has 3 nitrogen and oxygen atoms in total. The van der Waals surface area contributed by atoms with E-state index in [0.717, 1.165) is 18.7 Å². The number of carbonyl (C=O) groups excluding carboxylic acids is 1. The molecule has 0 aliphatic carbocycles. The molecule has 3 heteroatoms. The lowest BCUT2D eigenvalue weighted by Gasteiger charge is -2.19. The summed E-state index contributed by atoms with van der Waals surface area (Å²) in [6, 6.07) is 29.3. The van der Waals surface area contributed by atoms with Crippen LogP contribution in [-0.2, 0) is 11.2 Å². The molecule has 0 saturated carbocycles. The fourth-order valence-corrected chi connectivity index (χ4v) is 4.04. The predicted octanol–water partition coefficient (Wildman–Crippen LogP) is 3.98. The minimum absolute atomic E-state index is 0.140. The Morgan fingerprint density at radius 2 is 1.52 bits per heavy atom.